The van der Waals surface area contributed by atoms with E-state index in [4.69, 9.17) is 4.52 Å². The predicted octanol–water partition coefficient (Wildman–Crippen LogP) is 4.25. The van der Waals surface area contributed by atoms with Crippen LogP contribution in [0.15, 0.2) is 33.8 Å². The summed E-state index contributed by atoms with van der Waals surface area (Å²) in [6.45, 7) is 4.40. The first kappa shape index (κ1) is 28.2. The van der Waals surface area contributed by atoms with Crippen molar-refractivity contribution in [2.45, 2.75) is 58.2 Å². The van der Waals surface area contributed by atoms with Crippen LogP contribution in [0.1, 0.15) is 32.6 Å². The molecule has 0 unspecified atom stereocenters. The number of aromatic nitrogens is 3. The molecule has 3 heterocycles. The summed E-state index contributed by atoms with van der Waals surface area (Å²) in [7, 11) is 1.83. The van der Waals surface area contributed by atoms with Crippen LogP contribution in [-0.2, 0) is 17.9 Å². The first-order chi connectivity index (χ1) is 19.0. The molecule has 40 heavy (non-hydrogen) atoms. The van der Waals surface area contributed by atoms with Crippen LogP contribution in [-0.4, -0.2) is 76.3 Å². The number of hydrogen-bond acceptors (Lipinski definition) is 7. The van der Waals surface area contributed by atoms with Crippen LogP contribution in [0.25, 0.3) is 22.4 Å². The summed E-state index contributed by atoms with van der Waals surface area (Å²) in [5.41, 5.74) is 1.10. The summed E-state index contributed by atoms with van der Waals surface area (Å²) in [4.78, 5) is 23.1. The molecule has 0 spiro atoms. The summed E-state index contributed by atoms with van der Waals surface area (Å²) >= 11 is 0. The van der Waals surface area contributed by atoms with Crippen molar-refractivity contribution in [2.75, 3.05) is 26.7 Å². The monoisotopic (exact) mass is 563 g/mol. The lowest BCUT2D eigenvalue weighted by molar-refractivity contribution is -0.139. The van der Waals surface area contributed by atoms with E-state index < -0.39 is 18.9 Å². The van der Waals surface area contributed by atoms with Gasteiger partial charge in [0.15, 0.2) is 6.17 Å². The Balaban J connectivity index is 1.38. The van der Waals surface area contributed by atoms with E-state index in [0.717, 1.165) is 17.5 Å². The van der Waals surface area contributed by atoms with Crippen molar-refractivity contribution in [1.29, 1.82) is 0 Å². The zero-order valence-electron chi connectivity index (χ0n) is 22.6. The fourth-order valence-electron chi connectivity index (χ4n) is 5.02. The van der Waals surface area contributed by atoms with E-state index in [1.807, 2.05) is 25.8 Å². The second kappa shape index (κ2) is 11.3. The molecule has 2 aromatic heterocycles. The number of likely N-dealkylation sites (tertiary alicyclic amines) is 1. The molecule has 1 aliphatic heterocycles. The Morgan fingerprint density at radius 3 is 2.83 bits per heavy atom. The second-order valence-electron chi connectivity index (χ2n) is 10.9. The molecule has 1 aliphatic carbocycles. The van der Waals surface area contributed by atoms with E-state index in [9.17, 15) is 22.4 Å². The Hall–Kier alpha value is -3.32. The quantitative estimate of drug-likeness (QED) is 0.378. The maximum atomic E-state index is 14.6. The molecule has 2 fully saturated rings. The molecule has 0 bridgehead atoms. The van der Waals surface area contributed by atoms with Crippen LogP contribution in [0.4, 0.5) is 23.2 Å². The first-order valence-corrected chi connectivity index (χ1v) is 13.4. The Kier molecular flexibility index (Phi) is 7.96. The van der Waals surface area contributed by atoms with Crippen molar-refractivity contribution in [3.8, 4) is 11.5 Å². The number of piperidine rings is 1. The Labute approximate surface area is 229 Å². The van der Waals surface area contributed by atoms with E-state index in [1.165, 1.54) is 6.07 Å². The number of benzene rings is 1. The van der Waals surface area contributed by atoms with E-state index in [2.05, 4.69) is 25.8 Å². The highest BCUT2D eigenvalue weighted by Gasteiger charge is 2.42. The van der Waals surface area contributed by atoms with Crippen LogP contribution >= 0.6 is 0 Å². The molecule has 1 saturated heterocycles. The average Bonchev–Trinajstić information content (AvgIpc) is 3.36. The molecule has 1 aromatic carbocycles. The lowest BCUT2D eigenvalue weighted by Gasteiger charge is -2.26. The van der Waals surface area contributed by atoms with Crippen LogP contribution in [0, 0.1) is 11.8 Å². The largest absolute Gasteiger partial charge is 0.406 e. The third-order valence-corrected chi connectivity index (χ3v) is 7.27. The van der Waals surface area contributed by atoms with Crippen molar-refractivity contribution in [3.05, 3.63) is 30.2 Å². The topological polar surface area (TPSA) is 101 Å². The van der Waals surface area contributed by atoms with Gasteiger partial charge in [0.05, 0.1) is 29.2 Å². The normalized spacial score (nSPS) is 22.9. The Morgan fingerprint density at radius 1 is 1.30 bits per heavy atom. The van der Waals surface area contributed by atoms with Crippen molar-refractivity contribution < 1.29 is 26.9 Å². The number of fused-ring (bicyclic) bond motifs is 1. The minimum absolute atomic E-state index is 0.0304. The third kappa shape index (κ3) is 6.52. The van der Waals surface area contributed by atoms with Gasteiger partial charge in [-0.25, -0.2) is 4.39 Å². The Morgan fingerprint density at radius 2 is 2.10 bits per heavy atom. The zero-order chi connectivity index (χ0) is 28.6. The third-order valence-electron chi connectivity index (χ3n) is 7.27. The number of carbonyl (C=O) groups excluding carboxylic acids is 1. The number of hydrogen-bond donors (Lipinski definition) is 2. The highest BCUT2D eigenvalue weighted by Crippen LogP contribution is 2.38. The SMILES string of the molecule is CC(C)NC[C@H]1C[C@@H]1C(=O)NCc1nc(-c2cc3c(/N=C4\CCN(C)C[C@@H]4F)cccc3n2CC(F)(F)F)no1. The van der Waals surface area contributed by atoms with Gasteiger partial charge in [0.25, 0.3) is 0 Å². The smallest absolute Gasteiger partial charge is 0.347 e. The minimum Gasteiger partial charge on any atom is -0.347 e. The molecule has 2 aliphatic rings. The maximum Gasteiger partial charge on any atom is 0.406 e. The summed E-state index contributed by atoms with van der Waals surface area (Å²) < 4.78 is 61.8. The number of nitrogens with zero attached hydrogens (tertiary/aromatic N) is 5. The van der Waals surface area contributed by atoms with E-state index >= 15 is 0 Å². The van der Waals surface area contributed by atoms with Crippen molar-refractivity contribution >= 4 is 28.2 Å². The average molecular weight is 564 g/mol. The van der Waals surface area contributed by atoms with Gasteiger partial charge in [-0.3, -0.25) is 9.79 Å². The van der Waals surface area contributed by atoms with Crippen LogP contribution < -0.4 is 10.6 Å². The number of halogens is 4. The van der Waals surface area contributed by atoms with Crippen LogP contribution in [0.5, 0.6) is 0 Å². The minimum atomic E-state index is -4.52. The summed E-state index contributed by atoms with van der Waals surface area (Å²) in [6.07, 6.45) is -4.55. The van der Waals surface area contributed by atoms with Gasteiger partial charge in [0, 0.05) is 36.9 Å². The number of alkyl halides is 4. The number of aliphatic imine (C=N–C) groups is 1. The maximum absolute atomic E-state index is 14.6. The van der Waals surface area contributed by atoms with E-state index in [1.54, 1.807) is 18.2 Å². The molecule has 2 N–H and O–H groups in total. The van der Waals surface area contributed by atoms with E-state index in [-0.39, 0.29) is 53.8 Å². The number of rotatable bonds is 9. The van der Waals surface area contributed by atoms with Gasteiger partial charge in [-0.05, 0) is 44.1 Å². The van der Waals surface area contributed by atoms with Crippen molar-refractivity contribution in [3.63, 3.8) is 0 Å². The predicted molar refractivity (Wildman–Crippen MR) is 142 cm³/mol. The van der Waals surface area contributed by atoms with Crippen molar-refractivity contribution in [1.82, 2.24) is 30.2 Å². The fourth-order valence-corrected chi connectivity index (χ4v) is 5.02. The lowest BCUT2D eigenvalue weighted by atomic mass is 10.1. The summed E-state index contributed by atoms with van der Waals surface area (Å²) in [6, 6.07) is 6.66. The van der Waals surface area contributed by atoms with Gasteiger partial charge in [-0.15, -0.1) is 0 Å². The molecule has 9 nitrogen and oxygen atoms in total. The molecule has 1 amide bonds. The number of amides is 1. The molecular formula is C27H33F4N7O2. The molecule has 3 aromatic rings. The van der Waals surface area contributed by atoms with Gasteiger partial charge in [-0.1, -0.05) is 25.1 Å². The summed E-state index contributed by atoms with van der Waals surface area (Å²) in [5, 5.41) is 10.4. The molecule has 216 valence electrons. The van der Waals surface area contributed by atoms with Gasteiger partial charge >= 0.3 is 6.18 Å². The zero-order valence-corrected chi connectivity index (χ0v) is 22.6. The highest BCUT2D eigenvalue weighted by atomic mass is 19.4. The molecular weight excluding hydrogens is 530 g/mol. The van der Waals surface area contributed by atoms with Gasteiger partial charge in [0.2, 0.25) is 17.6 Å². The molecule has 5 rings (SSSR count). The fraction of sp³-hybridized carbons (Fsp3) is 0.556. The van der Waals surface area contributed by atoms with Crippen LogP contribution in [0.3, 0.4) is 0 Å². The van der Waals surface area contributed by atoms with E-state index in [0.29, 0.717) is 35.8 Å². The van der Waals surface area contributed by atoms with Gasteiger partial charge in [0.1, 0.15) is 6.54 Å². The summed E-state index contributed by atoms with van der Waals surface area (Å²) in [5.74, 6) is 0.105. The highest BCUT2D eigenvalue weighted by molar-refractivity contribution is 5.99. The first-order valence-electron chi connectivity index (χ1n) is 13.4. The number of carbonyl (C=O) groups is 1. The molecule has 13 heteroatoms. The lowest BCUT2D eigenvalue weighted by Crippen LogP contribution is -2.39. The molecule has 0 radical (unpaired) electrons. The van der Waals surface area contributed by atoms with Crippen molar-refractivity contribution in [2.24, 2.45) is 16.8 Å². The molecule has 1 saturated carbocycles. The van der Waals surface area contributed by atoms with Crippen LogP contribution in [0.2, 0.25) is 0 Å². The Bertz CT molecular complexity index is 1400. The standard InChI is InChI=1S/C27H33F4N7O2/c1-15(2)32-11-16-9-17(16)26(39)33-12-24-35-25(36-40-24)23-10-18-20(34-21-7-8-37(3)13-19(21)28)5-4-6-22(18)38(23)14-27(29,30)31/h4-6,10,15-17,19,32H,7-9,11-14H2,1-3H3,(H,33,39)/b34-21+/t16-,17+,19+/m1/s1. The van der Waals surface area contributed by atoms with Gasteiger partial charge in [-0.2, -0.15) is 18.2 Å². The second-order valence-corrected chi connectivity index (χ2v) is 10.9. The number of nitrogens with one attached hydrogen (secondary N) is 2. The van der Waals surface area contributed by atoms with Gasteiger partial charge < -0.3 is 24.6 Å². The molecule has 3 atom stereocenters.